The van der Waals surface area contributed by atoms with E-state index < -0.39 is 0 Å². The van der Waals surface area contributed by atoms with Gasteiger partial charge in [-0.25, -0.2) is 9.97 Å². The van der Waals surface area contributed by atoms with Gasteiger partial charge in [-0.1, -0.05) is 22.6 Å². The van der Waals surface area contributed by atoms with Gasteiger partial charge < -0.3 is 0 Å². The summed E-state index contributed by atoms with van der Waals surface area (Å²) < 4.78 is 0.931. The van der Waals surface area contributed by atoms with E-state index in [0.29, 0.717) is 5.28 Å². The Kier molecular flexibility index (Phi) is 2.85. The highest BCUT2D eigenvalue weighted by molar-refractivity contribution is 14.1. The van der Waals surface area contributed by atoms with Gasteiger partial charge in [-0.05, 0) is 18.5 Å². The van der Waals surface area contributed by atoms with Gasteiger partial charge in [-0.3, -0.25) is 0 Å². The van der Waals surface area contributed by atoms with E-state index >= 15 is 0 Å². The first-order chi connectivity index (χ1) is 4.74. The van der Waals surface area contributed by atoms with E-state index in [1.807, 2.05) is 6.92 Å². The fraction of sp³-hybridized carbons (Fsp3) is 0.333. The van der Waals surface area contributed by atoms with Crippen molar-refractivity contribution in [3.63, 3.8) is 0 Å². The molecule has 0 aliphatic heterocycles. The third kappa shape index (κ3) is 1.79. The first-order valence-electron chi connectivity index (χ1n) is 2.78. The van der Waals surface area contributed by atoms with Crippen LogP contribution in [0.4, 0.5) is 0 Å². The Labute approximate surface area is 78.2 Å². The summed E-state index contributed by atoms with van der Waals surface area (Å²) in [5.41, 5.74) is 2.11. The molecule has 2 nitrogen and oxygen atoms in total. The maximum Gasteiger partial charge on any atom is 0.222 e. The maximum absolute atomic E-state index is 5.55. The number of hydrogen-bond acceptors (Lipinski definition) is 2. The molecule has 0 bridgehead atoms. The monoisotopic (exact) mass is 268 g/mol. The molecule has 0 aliphatic rings. The molecule has 1 aromatic rings. The minimum atomic E-state index is 0.325. The molecule has 1 heterocycles. The third-order valence-corrected chi connectivity index (χ3v) is 2.20. The summed E-state index contributed by atoms with van der Waals surface area (Å²) in [5, 5.41) is 0.325. The molecule has 4 heteroatoms. The Morgan fingerprint density at radius 1 is 1.70 bits per heavy atom. The predicted octanol–water partition coefficient (Wildman–Crippen LogP) is 2.37. The topological polar surface area (TPSA) is 25.8 Å². The largest absolute Gasteiger partial charge is 0.226 e. The molecule has 10 heavy (non-hydrogen) atoms. The molecule has 0 spiro atoms. The average molecular weight is 268 g/mol. The van der Waals surface area contributed by atoms with Crippen molar-refractivity contribution in [1.82, 2.24) is 9.97 Å². The van der Waals surface area contributed by atoms with E-state index in [9.17, 15) is 0 Å². The Bertz CT molecular complexity index is 239. The molecule has 0 aliphatic carbocycles. The van der Waals surface area contributed by atoms with E-state index in [1.165, 1.54) is 0 Å². The van der Waals surface area contributed by atoms with Crippen molar-refractivity contribution >= 4 is 34.2 Å². The number of aryl methyl sites for hydroxylation is 1. The number of alkyl halides is 1. The SMILES string of the molecule is Cc1nc(Cl)ncc1CI. The highest BCUT2D eigenvalue weighted by Gasteiger charge is 1.98. The quantitative estimate of drug-likeness (QED) is 0.444. The second kappa shape index (κ2) is 3.48. The van der Waals surface area contributed by atoms with Gasteiger partial charge in [0.15, 0.2) is 0 Å². The molecule has 0 N–H and O–H groups in total. The Balaban J connectivity index is 3.07. The molecule has 0 fully saturated rings. The maximum atomic E-state index is 5.55. The molecule has 0 unspecified atom stereocenters. The van der Waals surface area contributed by atoms with Crippen LogP contribution >= 0.6 is 34.2 Å². The van der Waals surface area contributed by atoms with Crippen LogP contribution in [-0.2, 0) is 4.43 Å². The lowest BCUT2D eigenvalue weighted by atomic mass is 10.3. The minimum Gasteiger partial charge on any atom is -0.226 e. The summed E-state index contributed by atoms with van der Waals surface area (Å²) in [6, 6.07) is 0. The van der Waals surface area contributed by atoms with Gasteiger partial charge in [-0.15, -0.1) is 0 Å². The summed E-state index contributed by atoms with van der Waals surface area (Å²) in [4.78, 5) is 7.85. The van der Waals surface area contributed by atoms with E-state index in [0.717, 1.165) is 15.7 Å². The summed E-state index contributed by atoms with van der Waals surface area (Å²) in [6.45, 7) is 1.93. The number of halogens is 2. The van der Waals surface area contributed by atoms with Crippen molar-refractivity contribution < 1.29 is 0 Å². The fourth-order valence-electron chi connectivity index (χ4n) is 0.595. The Morgan fingerprint density at radius 2 is 2.40 bits per heavy atom. The lowest BCUT2D eigenvalue weighted by Gasteiger charge is -1.98. The van der Waals surface area contributed by atoms with Gasteiger partial charge in [0.25, 0.3) is 0 Å². The average Bonchev–Trinajstić information content (AvgIpc) is 1.88. The van der Waals surface area contributed by atoms with E-state index in [-0.39, 0.29) is 0 Å². The summed E-state index contributed by atoms with van der Waals surface area (Å²) >= 11 is 7.82. The van der Waals surface area contributed by atoms with Gasteiger partial charge in [-0.2, -0.15) is 0 Å². The molecule has 1 aromatic heterocycles. The first-order valence-corrected chi connectivity index (χ1v) is 4.68. The molecule has 0 atom stereocenters. The van der Waals surface area contributed by atoms with Gasteiger partial charge in [0.2, 0.25) is 5.28 Å². The summed E-state index contributed by atoms with van der Waals surface area (Å²) in [6.07, 6.45) is 1.76. The van der Waals surface area contributed by atoms with Gasteiger partial charge >= 0.3 is 0 Å². The third-order valence-electron chi connectivity index (χ3n) is 1.20. The molecule has 1 rings (SSSR count). The van der Waals surface area contributed by atoms with Crippen molar-refractivity contribution in [2.45, 2.75) is 11.4 Å². The standard InChI is InChI=1S/C6H6ClIN2/c1-4-5(2-8)3-9-6(7)10-4/h3H,2H2,1H3. The summed E-state index contributed by atoms with van der Waals surface area (Å²) in [7, 11) is 0. The zero-order chi connectivity index (χ0) is 7.56. The molecule has 0 saturated carbocycles. The van der Waals surface area contributed by atoms with Crippen molar-refractivity contribution in [3.05, 3.63) is 22.7 Å². The van der Waals surface area contributed by atoms with Crippen LogP contribution in [0, 0.1) is 6.92 Å². The van der Waals surface area contributed by atoms with Crippen LogP contribution < -0.4 is 0 Å². The van der Waals surface area contributed by atoms with Crippen molar-refractivity contribution in [1.29, 1.82) is 0 Å². The first kappa shape index (κ1) is 8.20. The zero-order valence-corrected chi connectivity index (χ0v) is 8.35. The number of hydrogen-bond donors (Lipinski definition) is 0. The minimum absolute atomic E-state index is 0.325. The van der Waals surface area contributed by atoms with Gasteiger partial charge in [0.05, 0.1) is 0 Å². The van der Waals surface area contributed by atoms with Crippen LogP contribution in [0.25, 0.3) is 0 Å². The second-order valence-electron chi connectivity index (χ2n) is 1.88. The Hall–Kier alpha value is 0.100. The highest BCUT2D eigenvalue weighted by Crippen LogP contribution is 2.10. The predicted molar refractivity (Wildman–Crippen MR) is 49.5 cm³/mol. The molecule has 54 valence electrons. The number of nitrogens with zero attached hydrogens (tertiary/aromatic N) is 2. The smallest absolute Gasteiger partial charge is 0.222 e. The normalized spacial score (nSPS) is 9.90. The molecule has 0 radical (unpaired) electrons. The fourth-order valence-corrected chi connectivity index (χ4v) is 1.52. The van der Waals surface area contributed by atoms with Crippen LogP contribution in [0.3, 0.4) is 0 Å². The van der Waals surface area contributed by atoms with Crippen LogP contribution in [0.2, 0.25) is 5.28 Å². The van der Waals surface area contributed by atoms with Crippen LogP contribution in [0.1, 0.15) is 11.3 Å². The van der Waals surface area contributed by atoms with E-state index in [1.54, 1.807) is 6.20 Å². The van der Waals surface area contributed by atoms with Crippen LogP contribution in [0.15, 0.2) is 6.20 Å². The van der Waals surface area contributed by atoms with E-state index in [4.69, 9.17) is 11.6 Å². The van der Waals surface area contributed by atoms with Crippen molar-refractivity contribution in [3.8, 4) is 0 Å². The van der Waals surface area contributed by atoms with Crippen LogP contribution in [-0.4, -0.2) is 9.97 Å². The highest BCUT2D eigenvalue weighted by atomic mass is 127. The molecule has 0 amide bonds. The molecular formula is C6H6ClIN2. The van der Waals surface area contributed by atoms with Crippen molar-refractivity contribution in [2.75, 3.05) is 0 Å². The zero-order valence-electron chi connectivity index (χ0n) is 5.43. The molecule has 0 saturated heterocycles. The molecular weight excluding hydrogens is 262 g/mol. The van der Waals surface area contributed by atoms with Gasteiger partial charge in [0, 0.05) is 21.9 Å². The van der Waals surface area contributed by atoms with E-state index in [2.05, 4.69) is 32.6 Å². The van der Waals surface area contributed by atoms with Crippen LogP contribution in [0.5, 0.6) is 0 Å². The lowest BCUT2D eigenvalue weighted by Crippen LogP contribution is -1.91. The second-order valence-corrected chi connectivity index (χ2v) is 2.98. The summed E-state index contributed by atoms with van der Waals surface area (Å²) in [5.74, 6) is 0. The van der Waals surface area contributed by atoms with Crippen molar-refractivity contribution in [2.24, 2.45) is 0 Å². The number of aromatic nitrogens is 2. The lowest BCUT2D eigenvalue weighted by molar-refractivity contribution is 1.06. The molecule has 0 aromatic carbocycles. The number of rotatable bonds is 1. The van der Waals surface area contributed by atoms with Gasteiger partial charge in [0.1, 0.15) is 0 Å². The Morgan fingerprint density at radius 3 is 2.90 bits per heavy atom.